The van der Waals surface area contributed by atoms with Crippen LogP contribution in [0, 0.1) is 12.8 Å². The summed E-state index contributed by atoms with van der Waals surface area (Å²) in [6.07, 6.45) is 4.92. The summed E-state index contributed by atoms with van der Waals surface area (Å²) in [7, 11) is 0. The molecule has 1 saturated carbocycles. The molecule has 3 nitrogen and oxygen atoms in total. The first-order valence-corrected chi connectivity index (χ1v) is 8.36. The van der Waals surface area contributed by atoms with Gasteiger partial charge in [0.2, 0.25) is 5.91 Å². The Balaban J connectivity index is 1.74. The van der Waals surface area contributed by atoms with E-state index in [1.807, 2.05) is 12.3 Å². The first-order valence-electron chi connectivity index (χ1n) is 6.49. The molecule has 0 spiro atoms. The average Bonchev–Trinajstić information content (AvgIpc) is 2.76. The van der Waals surface area contributed by atoms with Crippen LogP contribution in [0.1, 0.15) is 38.3 Å². The fourth-order valence-electron chi connectivity index (χ4n) is 2.31. The van der Waals surface area contributed by atoms with E-state index in [4.69, 9.17) is 0 Å². The molecular formula is C13H20N2OS2. The summed E-state index contributed by atoms with van der Waals surface area (Å²) in [6, 6.07) is 0.380. The number of aryl methyl sites for hydroxylation is 1. The molecule has 0 bridgehead atoms. The number of nitrogens with zero attached hydrogens (tertiary/aromatic N) is 1. The smallest absolute Gasteiger partial charge is 0.230 e. The summed E-state index contributed by atoms with van der Waals surface area (Å²) in [6.45, 7) is 4.21. The third kappa shape index (κ3) is 3.99. The molecule has 18 heavy (non-hydrogen) atoms. The monoisotopic (exact) mass is 284 g/mol. The molecular weight excluding hydrogens is 264 g/mol. The van der Waals surface area contributed by atoms with Crippen molar-refractivity contribution in [1.82, 2.24) is 10.3 Å². The standard InChI is InChI=1S/C13H20N2OS2/c1-9-5-3-4-6-11(9)15-12(16)8-18-13-14-10(2)7-17-13/h7,9,11H,3-6,8H2,1-2H3,(H,15,16)/t9-,11-/m1/s1. The van der Waals surface area contributed by atoms with E-state index in [1.165, 1.54) is 31.0 Å². The maximum absolute atomic E-state index is 11.9. The van der Waals surface area contributed by atoms with Gasteiger partial charge in [0.25, 0.3) is 0 Å². The van der Waals surface area contributed by atoms with Gasteiger partial charge in [-0.3, -0.25) is 4.79 Å². The molecule has 1 aliphatic carbocycles. The lowest BCUT2D eigenvalue weighted by Crippen LogP contribution is -2.41. The van der Waals surface area contributed by atoms with E-state index in [2.05, 4.69) is 17.2 Å². The molecule has 100 valence electrons. The maximum Gasteiger partial charge on any atom is 0.230 e. The Morgan fingerprint density at radius 3 is 3.00 bits per heavy atom. The van der Waals surface area contributed by atoms with Crippen molar-refractivity contribution in [1.29, 1.82) is 0 Å². The van der Waals surface area contributed by atoms with Gasteiger partial charge in [-0.15, -0.1) is 11.3 Å². The highest BCUT2D eigenvalue weighted by molar-refractivity contribution is 8.01. The molecule has 0 aliphatic heterocycles. The van der Waals surface area contributed by atoms with Gasteiger partial charge in [0.1, 0.15) is 0 Å². The fraction of sp³-hybridized carbons (Fsp3) is 0.692. The molecule has 0 saturated heterocycles. The number of amides is 1. The summed E-state index contributed by atoms with van der Waals surface area (Å²) < 4.78 is 0.986. The zero-order chi connectivity index (χ0) is 13.0. The van der Waals surface area contributed by atoms with E-state index in [1.54, 1.807) is 11.3 Å². The summed E-state index contributed by atoms with van der Waals surface area (Å²) in [5.74, 6) is 1.25. The topological polar surface area (TPSA) is 42.0 Å². The van der Waals surface area contributed by atoms with Crippen LogP contribution < -0.4 is 5.32 Å². The highest BCUT2D eigenvalue weighted by atomic mass is 32.2. The summed E-state index contributed by atoms with van der Waals surface area (Å²) in [5, 5.41) is 5.18. The molecule has 1 aromatic rings. The quantitative estimate of drug-likeness (QED) is 0.863. The van der Waals surface area contributed by atoms with E-state index < -0.39 is 0 Å². The van der Waals surface area contributed by atoms with Gasteiger partial charge >= 0.3 is 0 Å². The molecule has 0 aromatic carbocycles. The van der Waals surface area contributed by atoms with Gasteiger partial charge in [0, 0.05) is 17.1 Å². The Labute approximate surface area is 117 Å². The molecule has 1 N–H and O–H groups in total. The number of thioether (sulfide) groups is 1. The van der Waals surface area contributed by atoms with Crippen molar-refractivity contribution in [3.8, 4) is 0 Å². The van der Waals surface area contributed by atoms with Crippen molar-refractivity contribution in [2.24, 2.45) is 5.92 Å². The highest BCUT2D eigenvalue weighted by Crippen LogP contribution is 2.25. The van der Waals surface area contributed by atoms with Gasteiger partial charge < -0.3 is 5.32 Å². The Kier molecular flexibility index (Phi) is 5.06. The van der Waals surface area contributed by atoms with Crippen molar-refractivity contribution in [3.05, 3.63) is 11.1 Å². The SMILES string of the molecule is Cc1csc(SCC(=O)N[C@@H]2CCCC[C@H]2C)n1. The van der Waals surface area contributed by atoms with E-state index in [9.17, 15) is 4.79 Å². The van der Waals surface area contributed by atoms with Gasteiger partial charge in [0.05, 0.1) is 5.75 Å². The number of rotatable bonds is 4. The number of aromatic nitrogens is 1. The van der Waals surface area contributed by atoms with Crippen molar-refractivity contribution in [3.63, 3.8) is 0 Å². The number of hydrogen-bond acceptors (Lipinski definition) is 4. The Bertz CT molecular complexity index is 405. The zero-order valence-corrected chi connectivity index (χ0v) is 12.6. The van der Waals surface area contributed by atoms with Crippen LogP contribution >= 0.6 is 23.1 Å². The van der Waals surface area contributed by atoms with Gasteiger partial charge in [-0.1, -0.05) is 31.5 Å². The van der Waals surface area contributed by atoms with Crippen LogP contribution in [0.2, 0.25) is 0 Å². The molecule has 1 aromatic heterocycles. The van der Waals surface area contributed by atoms with Crippen molar-refractivity contribution >= 4 is 29.0 Å². The predicted octanol–water partition coefficient (Wildman–Crippen LogP) is 3.24. The third-order valence-electron chi connectivity index (χ3n) is 3.38. The second-order valence-electron chi connectivity index (χ2n) is 4.98. The second kappa shape index (κ2) is 6.57. The van der Waals surface area contributed by atoms with Crippen LogP contribution in [0.5, 0.6) is 0 Å². The highest BCUT2D eigenvalue weighted by Gasteiger charge is 2.22. The van der Waals surface area contributed by atoms with E-state index in [0.717, 1.165) is 16.5 Å². The minimum atomic E-state index is 0.145. The van der Waals surface area contributed by atoms with Gasteiger partial charge in [0.15, 0.2) is 4.34 Å². The number of carbonyl (C=O) groups excluding carboxylic acids is 1. The maximum atomic E-state index is 11.9. The van der Waals surface area contributed by atoms with Crippen LogP contribution in [-0.4, -0.2) is 22.7 Å². The minimum absolute atomic E-state index is 0.145. The van der Waals surface area contributed by atoms with Crippen LogP contribution in [0.3, 0.4) is 0 Å². The van der Waals surface area contributed by atoms with Gasteiger partial charge in [-0.05, 0) is 25.7 Å². The molecule has 5 heteroatoms. The lowest BCUT2D eigenvalue weighted by atomic mass is 9.86. The van der Waals surface area contributed by atoms with Crippen molar-refractivity contribution in [2.75, 3.05) is 5.75 Å². The molecule has 2 atom stereocenters. The molecule has 0 unspecified atom stereocenters. The predicted molar refractivity (Wildman–Crippen MR) is 77.1 cm³/mol. The number of thiazole rings is 1. The fourth-order valence-corrected chi connectivity index (χ4v) is 3.97. The lowest BCUT2D eigenvalue weighted by molar-refractivity contribution is -0.119. The molecule has 2 rings (SSSR count). The summed E-state index contributed by atoms with van der Waals surface area (Å²) in [4.78, 5) is 16.2. The Morgan fingerprint density at radius 1 is 1.56 bits per heavy atom. The largest absolute Gasteiger partial charge is 0.352 e. The van der Waals surface area contributed by atoms with Crippen LogP contribution in [0.4, 0.5) is 0 Å². The molecule has 1 heterocycles. The average molecular weight is 284 g/mol. The number of nitrogens with one attached hydrogen (secondary N) is 1. The van der Waals surface area contributed by atoms with Crippen LogP contribution in [0.25, 0.3) is 0 Å². The zero-order valence-electron chi connectivity index (χ0n) is 10.9. The second-order valence-corrected chi connectivity index (χ2v) is 7.06. The minimum Gasteiger partial charge on any atom is -0.352 e. The third-order valence-corrected chi connectivity index (χ3v) is 5.52. The van der Waals surface area contributed by atoms with E-state index >= 15 is 0 Å². The van der Waals surface area contributed by atoms with Crippen molar-refractivity contribution in [2.45, 2.75) is 49.9 Å². The van der Waals surface area contributed by atoms with E-state index in [0.29, 0.717) is 17.7 Å². The van der Waals surface area contributed by atoms with E-state index in [-0.39, 0.29) is 5.91 Å². The van der Waals surface area contributed by atoms with Crippen LogP contribution in [-0.2, 0) is 4.79 Å². The first-order chi connectivity index (χ1) is 8.65. The lowest BCUT2D eigenvalue weighted by Gasteiger charge is -2.29. The molecule has 1 fully saturated rings. The van der Waals surface area contributed by atoms with Crippen molar-refractivity contribution < 1.29 is 4.79 Å². The Morgan fingerprint density at radius 2 is 2.33 bits per heavy atom. The van der Waals surface area contributed by atoms with Gasteiger partial charge in [-0.25, -0.2) is 4.98 Å². The molecule has 1 aliphatic rings. The Hall–Kier alpha value is -0.550. The van der Waals surface area contributed by atoms with Crippen LogP contribution in [0.15, 0.2) is 9.72 Å². The normalized spacial score (nSPS) is 23.9. The number of carbonyl (C=O) groups is 1. The molecule has 0 radical (unpaired) electrons. The summed E-state index contributed by atoms with van der Waals surface area (Å²) >= 11 is 3.14. The number of hydrogen-bond donors (Lipinski definition) is 1. The van der Waals surface area contributed by atoms with Gasteiger partial charge in [-0.2, -0.15) is 0 Å². The molecule has 1 amide bonds. The summed E-state index contributed by atoms with van der Waals surface area (Å²) in [5.41, 5.74) is 1.03. The first kappa shape index (κ1) is 13.9.